The molecular weight excluding hydrogens is 388 g/mol. The Kier molecular flexibility index (Phi) is 7.67. The molecule has 0 amide bonds. The molecule has 29 heavy (non-hydrogen) atoms. The van der Waals surface area contributed by atoms with Gasteiger partial charge in [-0.25, -0.2) is 0 Å². The van der Waals surface area contributed by atoms with Gasteiger partial charge in [0.25, 0.3) is 0 Å². The van der Waals surface area contributed by atoms with Crippen LogP contribution in [0.2, 0.25) is 5.02 Å². The first-order valence-electron chi connectivity index (χ1n) is 10.2. The Hall–Kier alpha value is -1.92. The molecule has 0 spiro atoms. The number of piperazine rings is 1. The summed E-state index contributed by atoms with van der Waals surface area (Å²) in [4.78, 5) is 15.1. The van der Waals surface area contributed by atoms with Crippen LogP contribution in [0, 0.1) is 0 Å². The third-order valence-electron chi connectivity index (χ3n) is 5.51. The van der Waals surface area contributed by atoms with Gasteiger partial charge in [-0.05, 0) is 55.8 Å². The van der Waals surface area contributed by atoms with Gasteiger partial charge in [-0.1, -0.05) is 23.7 Å². The van der Waals surface area contributed by atoms with Crippen molar-refractivity contribution >= 4 is 23.1 Å². The lowest BCUT2D eigenvalue weighted by atomic mass is 10.1. The van der Waals surface area contributed by atoms with Gasteiger partial charge in [0, 0.05) is 16.3 Å². The minimum Gasteiger partial charge on any atom is -0.385 e. The van der Waals surface area contributed by atoms with E-state index in [0.717, 1.165) is 43.0 Å². The van der Waals surface area contributed by atoms with Crippen LogP contribution in [0.3, 0.4) is 0 Å². The van der Waals surface area contributed by atoms with Crippen LogP contribution in [-0.4, -0.2) is 56.3 Å². The molecular formula is C23H30ClN2O3+. The Morgan fingerprint density at radius 2 is 1.76 bits per heavy atom. The Morgan fingerprint density at radius 3 is 2.34 bits per heavy atom. The van der Waals surface area contributed by atoms with Gasteiger partial charge < -0.3 is 19.6 Å². The largest absolute Gasteiger partial charge is 0.385 e. The van der Waals surface area contributed by atoms with Crippen LogP contribution in [0.25, 0.3) is 0 Å². The van der Waals surface area contributed by atoms with E-state index in [4.69, 9.17) is 16.3 Å². The minimum atomic E-state index is -0.485. The van der Waals surface area contributed by atoms with Crippen LogP contribution in [0.1, 0.15) is 35.9 Å². The van der Waals surface area contributed by atoms with Gasteiger partial charge >= 0.3 is 0 Å². The summed E-state index contributed by atoms with van der Waals surface area (Å²) in [5.41, 5.74) is 2.95. The fourth-order valence-electron chi connectivity index (χ4n) is 3.67. The standard InChI is InChI=1S/C23H29ClN2O3/c1-17(27)19-5-9-22(10-6-19)26-13-11-25(12-14-26)15-23(28)16-29-18(2)20-3-7-21(24)8-4-20/h3-10,18,23,28H,11-16H2,1-2H3/p+1/t18-,23-/m0/s1. The van der Waals surface area contributed by atoms with Crippen molar-refractivity contribution in [2.24, 2.45) is 0 Å². The number of aliphatic hydroxyl groups excluding tert-OH is 1. The number of benzene rings is 2. The third-order valence-corrected chi connectivity index (χ3v) is 5.76. The monoisotopic (exact) mass is 417 g/mol. The summed E-state index contributed by atoms with van der Waals surface area (Å²) < 4.78 is 5.85. The zero-order chi connectivity index (χ0) is 20.8. The Bertz CT molecular complexity index is 787. The Morgan fingerprint density at radius 1 is 1.14 bits per heavy atom. The van der Waals surface area contributed by atoms with E-state index in [1.165, 1.54) is 4.90 Å². The number of quaternary nitrogens is 1. The number of aliphatic hydroxyl groups is 1. The number of carbonyl (C=O) groups is 1. The van der Waals surface area contributed by atoms with Crippen LogP contribution >= 0.6 is 11.6 Å². The second-order valence-electron chi connectivity index (χ2n) is 7.73. The van der Waals surface area contributed by atoms with Crippen molar-refractivity contribution in [1.82, 2.24) is 0 Å². The predicted octanol–water partition coefficient (Wildman–Crippen LogP) is 2.39. The molecule has 2 aromatic rings. The van der Waals surface area contributed by atoms with E-state index in [1.54, 1.807) is 6.92 Å². The first-order valence-corrected chi connectivity index (χ1v) is 10.5. The van der Waals surface area contributed by atoms with E-state index in [2.05, 4.69) is 4.90 Å². The molecule has 1 saturated heterocycles. The van der Waals surface area contributed by atoms with E-state index in [9.17, 15) is 9.90 Å². The van der Waals surface area contributed by atoms with Crippen molar-refractivity contribution in [1.29, 1.82) is 0 Å². The Labute approximate surface area is 177 Å². The molecule has 0 saturated carbocycles. The fraction of sp³-hybridized carbons (Fsp3) is 0.435. The lowest BCUT2D eigenvalue weighted by molar-refractivity contribution is -0.903. The first kappa shape index (κ1) is 21.8. The zero-order valence-corrected chi connectivity index (χ0v) is 17.9. The van der Waals surface area contributed by atoms with Crippen molar-refractivity contribution in [2.75, 3.05) is 44.2 Å². The molecule has 0 bridgehead atoms. The summed E-state index contributed by atoms with van der Waals surface area (Å²) in [6, 6.07) is 15.4. The number of hydrogen-bond donors (Lipinski definition) is 2. The van der Waals surface area contributed by atoms with Crippen molar-refractivity contribution < 1.29 is 19.5 Å². The van der Waals surface area contributed by atoms with Crippen molar-refractivity contribution in [3.63, 3.8) is 0 Å². The average molecular weight is 418 g/mol. The highest BCUT2D eigenvalue weighted by atomic mass is 35.5. The molecule has 0 aliphatic carbocycles. The molecule has 1 aliphatic heterocycles. The maximum Gasteiger partial charge on any atom is 0.159 e. The van der Waals surface area contributed by atoms with Gasteiger partial charge in [-0.15, -0.1) is 0 Å². The second kappa shape index (κ2) is 10.2. The van der Waals surface area contributed by atoms with E-state index < -0.39 is 6.10 Å². The smallest absolute Gasteiger partial charge is 0.159 e. The summed E-state index contributed by atoms with van der Waals surface area (Å²) in [6.45, 7) is 8.39. The molecule has 1 fully saturated rings. The maximum atomic E-state index is 11.4. The second-order valence-corrected chi connectivity index (χ2v) is 8.16. The molecule has 0 unspecified atom stereocenters. The molecule has 2 N–H and O–H groups in total. The van der Waals surface area contributed by atoms with E-state index in [-0.39, 0.29) is 11.9 Å². The topological polar surface area (TPSA) is 54.2 Å². The lowest BCUT2D eigenvalue weighted by Gasteiger charge is -2.34. The van der Waals surface area contributed by atoms with Crippen LogP contribution in [0.5, 0.6) is 0 Å². The first-order chi connectivity index (χ1) is 13.9. The molecule has 3 rings (SSSR count). The molecule has 0 aromatic heterocycles. The number of carbonyl (C=O) groups excluding carboxylic acids is 1. The highest BCUT2D eigenvalue weighted by molar-refractivity contribution is 6.30. The van der Waals surface area contributed by atoms with Crippen LogP contribution < -0.4 is 9.80 Å². The lowest BCUT2D eigenvalue weighted by Crippen LogP contribution is -3.16. The van der Waals surface area contributed by atoms with Crippen LogP contribution in [0.4, 0.5) is 5.69 Å². The average Bonchev–Trinajstić information content (AvgIpc) is 2.73. The molecule has 6 heteroatoms. The number of nitrogens with one attached hydrogen (secondary N) is 1. The van der Waals surface area contributed by atoms with Gasteiger partial charge in [0.1, 0.15) is 12.6 Å². The number of nitrogens with zero attached hydrogens (tertiary/aromatic N) is 1. The number of anilines is 1. The maximum absolute atomic E-state index is 11.4. The molecule has 0 radical (unpaired) electrons. The minimum absolute atomic E-state index is 0.0771. The fourth-order valence-corrected chi connectivity index (χ4v) is 3.80. The van der Waals surface area contributed by atoms with Gasteiger partial charge in [0.15, 0.2) is 5.78 Å². The number of rotatable bonds is 8. The molecule has 1 aliphatic rings. The quantitative estimate of drug-likeness (QED) is 0.647. The number of hydrogen-bond acceptors (Lipinski definition) is 4. The van der Waals surface area contributed by atoms with E-state index in [1.807, 2.05) is 55.5 Å². The predicted molar refractivity (Wildman–Crippen MR) is 116 cm³/mol. The summed E-state index contributed by atoms with van der Waals surface area (Å²) in [5, 5.41) is 11.1. The molecule has 2 aromatic carbocycles. The van der Waals surface area contributed by atoms with Crippen LogP contribution in [-0.2, 0) is 4.74 Å². The summed E-state index contributed by atoms with van der Waals surface area (Å²) >= 11 is 5.92. The number of ether oxygens (including phenoxy) is 1. The van der Waals surface area contributed by atoms with Gasteiger partial charge in [-0.2, -0.15) is 0 Å². The summed E-state index contributed by atoms with van der Waals surface area (Å²) in [7, 11) is 0. The van der Waals surface area contributed by atoms with Crippen molar-refractivity contribution in [2.45, 2.75) is 26.1 Å². The highest BCUT2D eigenvalue weighted by Gasteiger charge is 2.23. The van der Waals surface area contributed by atoms with E-state index in [0.29, 0.717) is 18.2 Å². The SMILES string of the molecule is CC(=O)c1ccc(N2CC[NH+](C[C@H](O)CO[C@@H](C)c3ccc(Cl)cc3)CC2)cc1. The van der Waals surface area contributed by atoms with Gasteiger partial charge in [0.05, 0.1) is 38.9 Å². The van der Waals surface area contributed by atoms with Gasteiger partial charge in [0.2, 0.25) is 0 Å². The molecule has 1 heterocycles. The van der Waals surface area contributed by atoms with Gasteiger partial charge in [-0.3, -0.25) is 4.79 Å². The molecule has 156 valence electrons. The summed E-state index contributed by atoms with van der Waals surface area (Å²) in [6.07, 6.45) is -0.562. The summed E-state index contributed by atoms with van der Waals surface area (Å²) in [5.74, 6) is 0.0902. The zero-order valence-electron chi connectivity index (χ0n) is 17.1. The van der Waals surface area contributed by atoms with Crippen molar-refractivity contribution in [3.05, 3.63) is 64.7 Å². The molecule has 2 atom stereocenters. The normalized spacial score (nSPS) is 17.2. The van der Waals surface area contributed by atoms with Crippen LogP contribution in [0.15, 0.2) is 48.5 Å². The Balaban J connectivity index is 1.40. The molecule has 5 nitrogen and oxygen atoms in total. The number of Topliss-reactive ketones (excluding diaryl/α,β-unsaturated/α-hetero) is 1. The number of halogens is 1. The number of ketones is 1. The van der Waals surface area contributed by atoms with Crippen molar-refractivity contribution in [3.8, 4) is 0 Å². The van der Waals surface area contributed by atoms with E-state index >= 15 is 0 Å². The third kappa shape index (κ3) is 6.28. The highest BCUT2D eigenvalue weighted by Crippen LogP contribution is 2.19.